The van der Waals surface area contributed by atoms with Crippen LogP contribution in [0, 0.1) is 23.2 Å². The lowest BCUT2D eigenvalue weighted by atomic mass is 9.50. The third-order valence-electron chi connectivity index (χ3n) is 15.4. The van der Waals surface area contributed by atoms with Gasteiger partial charge in [-0.2, -0.15) is 0 Å². The van der Waals surface area contributed by atoms with Crippen LogP contribution in [0.4, 0.5) is 0 Å². The molecule has 2 aromatic heterocycles. The number of aromatic nitrogens is 2. The van der Waals surface area contributed by atoms with E-state index in [2.05, 4.69) is 102 Å². The molecular weight excluding hydrogens is 853 g/mol. The number of nitrogens with zero attached hydrogens (tertiary/aromatic N) is 6. The molecule has 0 radical (unpaired) electrons. The van der Waals surface area contributed by atoms with Crippen molar-refractivity contribution < 1.29 is 23.9 Å². The fourth-order valence-corrected chi connectivity index (χ4v) is 11.7. The number of fused-ring (bicyclic) bond motifs is 6. The zero-order chi connectivity index (χ0) is 48.1. The van der Waals surface area contributed by atoms with Crippen LogP contribution in [-0.4, -0.2) is 99.1 Å². The highest BCUT2D eigenvalue weighted by Crippen LogP contribution is 2.59. The maximum absolute atomic E-state index is 14.8. The number of amides is 3. The lowest BCUT2D eigenvalue weighted by Crippen LogP contribution is -2.62. The quantitative estimate of drug-likeness (QED) is 0.120. The van der Waals surface area contributed by atoms with Gasteiger partial charge in [0.2, 0.25) is 11.8 Å². The second-order valence-electron chi connectivity index (χ2n) is 22.0. The Morgan fingerprint density at radius 2 is 1.79 bits per heavy atom. The number of carbonyl (C=O) groups is 4. The molecule has 2 aromatic carbocycles. The molecule has 68 heavy (non-hydrogen) atoms. The van der Waals surface area contributed by atoms with E-state index in [9.17, 15) is 19.2 Å². The number of carbonyl (C=O) groups excluding carboxylic acids is 4. The molecule has 2 N–H and O–H groups in total. The molecule has 0 spiro atoms. The van der Waals surface area contributed by atoms with Crippen molar-refractivity contribution in [3.05, 3.63) is 77.6 Å². The number of hydrogen-bond acceptors (Lipinski definition) is 9. The zero-order valence-corrected chi connectivity index (χ0v) is 41.3. The van der Waals surface area contributed by atoms with Gasteiger partial charge in [-0.15, -0.1) is 0 Å². The minimum atomic E-state index is -1.00. The molecular formula is C55H70N8O5. The number of pyridine rings is 1. The van der Waals surface area contributed by atoms with Gasteiger partial charge in [0, 0.05) is 60.6 Å². The Balaban J connectivity index is 1.04. The number of cyclic esters (lactones) is 1. The highest BCUT2D eigenvalue weighted by atomic mass is 16.5. The van der Waals surface area contributed by atoms with E-state index in [0.29, 0.717) is 38.6 Å². The molecule has 1 saturated heterocycles. The van der Waals surface area contributed by atoms with E-state index in [1.54, 1.807) is 11.9 Å². The molecule has 3 amide bonds. The summed E-state index contributed by atoms with van der Waals surface area (Å²) < 4.78 is 8.55. The molecule has 360 valence electrons. The van der Waals surface area contributed by atoms with Gasteiger partial charge in [-0.3, -0.25) is 29.2 Å². The molecule has 10 rings (SSSR count). The highest BCUT2D eigenvalue weighted by Gasteiger charge is 2.57. The summed E-state index contributed by atoms with van der Waals surface area (Å²) in [6.45, 7) is 15.9. The molecule has 5 fully saturated rings. The number of nitrogens with one attached hydrogen (secondary N) is 2. The van der Waals surface area contributed by atoms with Crippen LogP contribution in [0.15, 0.2) is 70.8 Å². The first-order valence-corrected chi connectivity index (χ1v) is 25.2. The maximum atomic E-state index is 14.8. The van der Waals surface area contributed by atoms with Crippen molar-refractivity contribution in [2.45, 2.75) is 155 Å². The molecule has 4 heterocycles. The Kier molecular flexibility index (Phi) is 13.3. The first-order valence-electron chi connectivity index (χ1n) is 25.2. The average molecular weight is 923 g/mol. The van der Waals surface area contributed by atoms with Gasteiger partial charge in [0.15, 0.2) is 0 Å². The van der Waals surface area contributed by atoms with E-state index in [1.807, 2.05) is 38.2 Å². The van der Waals surface area contributed by atoms with Gasteiger partial charge in [-0.25, -0.2) is 15.4 Å². The molecule has 5 atom stereocenters. The van der Waals surface area contributed by atoms with E-state index in [1.165, 1.54) is 10.6 Å². The third-order valence-corrected chi connectivity index (χ3v) is 15.4. The van der Waals surface area contributed by atoms with Crippen molar-refractivity contribution in [3.8, 4) is 22.4 Å². The van der Waals surface area contributed by atoms with Crippen molar-refractivity contribution in [2.24, 2.45) is 33.2 Å². The van der Waals surface area contributed by atoms with Crippen LogP contribution in [0.25, 0.3) is 33.3 Å². The number of rotatable bonds is 10. The van der Waals surface area contributed by atoms with E-state index in [-0.39, 0.29) is 54.2 Å². The first kappa shape index (κ1) is 47.4. The van der Waals surface area contributed by atoms with E-state index in [0.717, 1.165) is 82.7 Å². The summed E-state index contributed by atoms with van der Waals surface area (Å²) in [5.74, 6) is -0.745. The molecule has 6 aliphatic rings. The maximum Gasteiger partial charge on any atom is 0.324 e. The lowest BCUT2D eigenvalue weighted by Gasteiger charge is -2.58. The summed E-state index contributed by atoms with van der Waals surface area (Å²) >= 11 is 0. The van der Waals surface area contributed by atoms with Gasteiger partial charge < -0.3 is 19.5 Å². The smallest absolute Gasteiger partial charge is 0.324 e. The van der Waals surface area contributed by atoms with Crippen molar-refractivity contribution in [3.63, 3.8) is 0 Å². The number of hydrogen-bond donors (Lipinski definition) is 2. The Bertz CT molecular complexity index is 2640. The minimum Gasteiger partial charge on any atom is -0.464 e. The number of likely N-dealkylation sites (N-methyl/N-ethyl adjacent to an activating group) is 1. The van der Waals surface area contributed by atoms with Crippen LogP contribution >= 0.6 is 0 Å². The van der Waals surface area contributed by atoms with Crippen LogP contribution < -0.4 is 10.7 Å². The number of benzene rings is 2. The molecule has 0 unspecified atom stereocenters. The van der Waals surface area contributed by atoms with Gasteiger partial charge in [0.25, 0.3) is 5.91 Å². The Labute approximate surface area is 401 Å². The monoisotopic (exact) mass is 923 g/mol. The second kappa shape index (κ2) is 19.0. The summed E-state index contributed by atoms with van der Waals surface area (Å²) in [5.41, 5.74) is 11.3. The fraction of sp³-hybridized carbons (Fsp3) is 0.564. The van der Waals surface area contributed by atoms with E-state index in [4.69, 9.17) is 9.72 Å². The Hall–Kier alpha value is -5.65. The second-order valence-corrected chi connectivity index (χ2v) is 22.0. The normalized spacial score (nSPS) is 26.0. The standard InChI is InChI=1S/C55H70N8O5/c1-9-62-46-20-18-38-26-42(46)43(49(62)41-15-11-21-56-47(41)33(2)3)30-54(6,7)31-68-53(67)44-16-12-22-63(60-44)52(66)45(24-35-13-10-14-37(38)23-35)59-50(64)48(34(4)5)61(8)51(65)39-17-19-40(25-39)57-32-58-55-27-36(28-55)29-55/h10-11,13-15,18,20-21,23,26,33-34,36,39-40,44-45,48,60H,9,12,16-17,19,22,24-25,27-31H2,1-8H3,(H,59,64)/t36?,39-,40-,44-,45-,48-,55?/m0/s1. The van der Waals surface area contributed by atoms with Crippen molar-refractivity contribution in [1.29, 1.82) is 0 Å². The highest BCUT2D eigenvalue weighted by molar-refractivity contribution is 5.96. The molecule has 2 aliphatic heterocycles. The van der Waals surface area contributed by atoms with Crippen LogP contribution in [0.5, 0.6) is 0 Å². The van der Waals surface area contributed by atoms with Gasteiger partial charge in [-0.1, -0.05) is 71.9 Å². The van der Waals surface area contributed by atoms with Crippen molar-refractivity contribution >= 4 is 40.6 Å². The summed E-state index contributed by atoms with van der Waals surface area (Å²) in [5, 5.41) is 5.74. The predicted molar refractivity (Wildman–Crippen MR) is 265 cm³/mol. The van der Waals surface area contributed by atoms with Gasteiger partial charge >= 0.3 is 5.97 Å². The molecule has 13 nitrogen and oxygen atoms in total. The van der Waals surface area contributed by atoms with Crippen LogP contribution in [0.3, 0.4) is 0 Å². The van der Waals surface area contributed by atoms with Gasteiger partial charge in [0.1, 0.15) is 18.1 Å². The largest absolute Gasteiger partial charge is 0.464 e. The molecule has 4 aliphatic carbocycles. The molecule has 4 aromatic rings. The molecule has 4 saturated carbocycles. The van der Waals surface area contributed by atoms with Crippen LogP contribution in [0.1, 0.15) is 123 Å². The molecule has 13 heteroatoms. The van der Waals surface area contributed by atoms with Gasteiger partial charge in [0.05, 0.1) is 35.6 Å². The fourth-order valence-electron chi connectivity index (χ4n) is 11.7. The number of hydrazine groups is 1. The van der Waals surface area contributed by atoms with E-state index >= 15 is 0 Å². The number of aliphatic imine (C=N–C) groups is 2. The average Bonchev–Trinajstić information content (AvgIpc) is 3.89. The van der Waals surface area contributed by atoms with Gasteiger partial charge in [-0.05, 0) is 129 Å². The van der Waals surface area contributed by atoms with E-state index < -0.39 is 35.4 Å². The third kappa shape index (κ3) is 9.40. The van der Waals surface area contributed by atoms with Crippen molar-refractivity contribution in [1.82, 2.24) is 30.2 Å². The Morgan fingerprint density at radius 3 is 2.51 bits per heavy atom. The SMILES string of the molecule is CCn1c(-c2cccnc2C(C)C)c2c3cc(ccc31)-c1cccc(c1)C[C@H](NC(=O)[C@H](C(C)C)N(C)C(=O)[C@H]1CC[C@H](N=C=NC34CC(C3)C4)C1)C(=O)N1CCC[C@H](N1)C(=O)OCC(C)(C)C2. The topological polar surface area (TPSA) is 151 Å². The number of esters is 1. The number of aryl methyl sites for hydroxylation is 1. The first-order chi connectivity index (χ1) is 32.5. The summed E-state index contributed by atoms with van der Waals surface area (Å²) in [7, 11) is 1.70. The zero-order valence-electron chi connectivity index (χ0n) is 41.3. The predicted octanol–water partition coefficient (Wildman–Crippen LogP) is 8.54. The Morgan fingerprint density at radius 1 is 1.01 bits per heavy atom. The van der Waals surface area contributed by atoms with Crippen LogP contribution in [0.2, 0.25) is 0 Å². The summed E-state index contributed by atoms with van der Waals surface area (Å²) in [4.78, 5) is 73.2. The van der Waals surface area contributed by atoms with Crippen LogP contribution in [-0.2, 0) is 43.3 Å². The summed E-state index contributed by atoms with van der Waals surface area (Å²) in [6.07, 6.45) is 9.26. The minimum absolute atomic E-state index is 0.0198. The summed E-state index contributed by atoms with van der Waals surface area (Å²) in [6, 6.07) is 19.4. The lowest BCUT2D eigenvalue weighted by molar-refractivity contribution is -0.155. The molecule has 8 bridgehead atoms. The van der Waals surface area contributed by atoms with Crippen molar-refractivity contribution in [2.75, 3.05) is 20.2 Å². The number of ether oxygens (including phenoxy) is 1.